The summed E-state index contributed by atoms with van der Waals surface area (Å²) in [5.41, 5.74) is 1.98. The topological polar surface area (TPSA) is 62.0 Å². The number of H-pyrrole nitrogens is 1. The lowest BCUT2D eigenvalue weighted by Gasteiger charge is -2.15. The van der Waals surface area contributed by atoms with Gasteiger partial charge in [-0.2, -0.15) is 0 Å². The van der Waals surface area contributed by atoms with Gasteiger partial charge in [0, 0.05) is 22.1 Å². The maximum atomic E-state index is 12.3. The first-order valence-electron chi connectivity index (χ1n) is 8.16. The zero-order valence-corrected chi connectivity index (χ0v) is 14.6. The van der Waals surface area contributed by atoms with Crippen LogP contribution in [-0.2, 0) is 17.6 Å². The van der Waals surface area contributed by atoms with Crippen molar-refractivity contribution in [1.82, 2.24) is 10.3 Å². The van der Waals surface area contributed by atoms with Gasteiger partial charge in [0.15, 0.2) is 0 Å². The van der Waals surface area contributed by atoms with Crippen molar-refractivity contribution in [2.45, 2.75) is 25.8 Å². The summed E-state index contributed by atoms with van der Waals surface area (Å²) in [4.78, 5) is 27.2. The molecule has 1 unspecified atom stereocenters. The summed E-state index contributed by atoms with van der Waals surface area (Å²) in [6, 6.07) is 16.8. The van der Waals surface area contributed by atoms with E-state index in [-0.39, 0.29) is 23.9 Å². The Morgan fingerprint density at radius 1 is 1.12 bits per heavy atom. The Hall–Kier alpha value is -2.59. The first kappa shape index (κ1) is 17.2. The maximum absolute atomic E-state index is 12.3. The average molecular weight is 355 g/mol. The predicted molar refractivity (Wildman–Crippen MR) is 101 cm³/mol. The molecular weight excluding hydrogens is 336 g/mol. The number of hydrogen-bond acceptors (Lipinski definition) is 2. The largest absolute Gasteiger partial charge is 0.353 e. The van der Waals surface area contributed by atoms with Crippen molar-refractivity contribution < 1.29 is 4.79 Å². The second kappa shape index (κ2) is 7.53. The third-order valence-electron chi connectivity index (χ3n) is 4.07. The van der Waals surface area contributed by atoms with E-state index in [0.29, 0.717) is 17.0 Å². The molecule has 2 N–H and O–H groups in total. The molecule has 0 saturated carbocycles. The number of nitrogens with one attached hydrogen (secondary N) is 2. The van der Waals surface area contributed by atoms with Crippen LogP contribution in [-0.4, -0.2) is 16.9 Å². The van der Waals surface area contributed by atoms with E-state index in [1.54, 1.807) is 6.07 Å². The fraction of sp³-hybridized carbons (Fsp3) is 0.200. The van der Waals surface area contributed by atoms with Crippen molar-refractivity contribution in [3.63, 3.8) is 0 Å². The molecule has 0 aliphatic heterocycles. The molecule has 3 aromatic rings. The van der Waals surface area contributed by atoms with Crippen molar-refractivity contribution in [3.05, 3.63) is 81.1 Å². The fourth-order valence-corrected chi connectivity index (χ4v) is 3.08. The molecule has 1 amide bonds. The van der Waals surface area contributed by atoms with Crippen molar-refractivity contribution in [3.8, 4) is 0 Å². The first-order valence-corrected chi connectivity index (χ1v) is 8.54. The summed E-state index contributed by atoms with van der Waals surface area (Å²) < 4.78 is 0. The summed E-state index contributed by atoms with van der Waals surface area (Å²) in [6.07, 6.45) is 0.687. The highest BCUT2D eigenvalue weighted by atomic mass is 35.5. The summed E-state index contributed by atoms with van der Waals surface area (Å²) >= 11 is 6.15. The molecule has 2 aromatic carbocycles. The predicted octanol–water partition coefficient (Wildman–Crippen LogP) is 3.47. The number of benzene rings is 2. The van der Waals surface area contributed by atoms with E-state index in [1.807, 2.05) is 55.5 Å². The second-order valence-electron chi connectivity index (χ2n) is 6.15. The van der Waals surface area contributed by atoms with Crippen LogP contribution in [0.1, 0.15) is 18.1 Å². The fourth-order valence-electron chi connectivity index (χ4n) is 2.87. The van der Waals surface area contributed by atoms with Crippen molar-refractivity contribution >= 4 is 28.4 Å². The summed E-state index contributed by atoms with van der Waals surface area (Å²) in [5.74, 6) is -0.180. The number of halogens is 1. The van der Waals surface area contributed by atoms with E-state index >= 15 is 0 Å². The minimum atomic E-state index is -0.229. The third kappa shape index (κ3) is 4.28. The van der Waals surface area contributed by atoms with Crippen LogP contribution >= 0.6 is 11.6 Å². The molecule has 25 heavy (non-hydrogen) atoms. The van der Waals surface area contributed by atoms with Gasteiger partial charge >= 0.3 is 0 Å². The van der Waals surface area contributed by atoms with Crippen LogP contribution in [0.2, 0.25) is 5.02 Å². The van der Waals surface area contributed by atoms with Crippen molar-refractivity contribution in [2.75, 3.05) is 0 Å². The molecule has 0 spiro atoms. The number of carbonyl (C=O) groups excluding carboxylic acids is 1. The minimum Gasteiger partial charge on any atom is -0.353 e. The van der Waals surface area contributed by atoms with E-state index in [1.165, 1.54) is 0 Å². The van der Waals surface area contributed by atoms with Gasteiger partial charge in [-0.05, 0) is 42.5 Å². The molecule has 5 heteroatoms. The molecule has 0 aliphatic rings. The van der Waals surface area contributed by atoms with E-state index in [9.17, 15) is 9.59 Å². The normalized spacial score (nSPS) is 12.1. The lowest BCUT2D eigenvalue weighted by molar-refractivity contribution is -0.121. The molecule has 0 saturated heterocycles. The molecule has 0 aliphatic carbocycles. The highest BCUT2D eigenvalue weighted by molar-refractivity contribution is 6.31. The van der Waals surface area contributed by atoms with Gasteiger partial charge in [0.25, 0.3) is 5.56 Å². The monoisotopic (exact) mass is 354 g/mol. The standard InChI is InChI=1S/C20H19ClN2O2/c1-13(10-14-6-2-4-8-17(14)21)22-19(24)12-16-11-15-7-3-5-9-18(15)23-20(16)25/h2-9,11,13H,10,12H2,1H3,(H,22,24)(H,23,25). The number of aromatic amines is 1. The molecule has 128 valence electrons. The Balaban J connectivity index is 1.67. The van der Waals surface area contributed by atoms with Gasteiger partial charge < -0.3 is 10.3 Å². The van der Waals surface area contributed by atoms with Crippen molar-refractivity contribution in [2.24, 2.45) is 0 Å². The third-order valence-corrected chi connectivity index (χ3v) is 4.44. The summed E-state index contributed by atoms with van der Waals surface area (Å²) in [5, 5.41) is 4.53. The van der Waals surface area contributed by atoms with Crippen LogP contribution in [0.5, 0.6) is 0 Å². The van der Waals surface area contributed by atoms with Gasteiger partial charge in [0.2, 0.25) is 5.91 Å². The van der Waals surface area contributed by atoms with E-state index in [2.05, 4.69) is 10.3 Å². The number of rotatable bonds is 5. The van der Waals surface area contributed by atoms with Crippen LogP contribution in [0, 0.1) is 0 Å². The van der Waals surface area contributed by atoms with E-state index in [4.69, 9.17) is 11.6 Å². The lowest BCUT2D eigenvalue weighted by Crippen LogP contribution is -2.36. The maximum Gasteiger partial charge on any atom is 0.252 e. The summed E-state index contributed by atoms with van der Waals surface area (Å²) in [7, 11) is 0. The molecule has 3 rings (SSSR count). The lowest BCUT2D eigenvalue weighted by atomic mass is 10.1. The molecule has 4 nitrogen and oxygen atoms in total. The molecule has 0 fully saturated rings. The molecular formula is C20H19ClN2O2. The van der Waals surface area contributed by atoms with Crippen LogP contribution in [0.25, 0.3) is 10.9 Å². The van der Waals surface area contributed by atoms with Crippen molar-refractivity contribution in [1.29, 1.82) is 0 Å². The highest BCUT2D eigenvalue weighted by Crippen LogP contribution is 2.16. The molecule has 0 radical (unpaired) electrons. The Morgan fingerprint density at radius 2 is 1.84 bits per heavy atom. The zero-order valence-electron chi connectivity index (χ0n) is 13.9. The van der Waals surface area contributed by atoms with Crippen LogP contribution in [0.4, 0.5) is 0 Å². The Kier molecular flexibility index (Phi) is 5.19. The minimum absolute atomic E-state index is 0.0486. The van der Waals surface area contributed by atoms with Gasteiger partial charge in [-0.3, -0.25) is 9.59 Å². The number of pyridine rings is 1. The number of carbonyl (C=O) groups is 1. The quantitative estimate of drug-likeness (QED) is 0.737. The number of amides is 1. The molecule has 1 heterocycles. The van der Waals surface area contributed by atoms with Gasteiger partial charge in [-0.15, -0.1) is 0 Å². The number of fused-ring (bicyclic) bond motifs is 1. The van der Waals surface area contributed by atoms with E-state index in [0.717, 1.165) is 16.5 Å². The SMILES string of the molecule is CC(Cc1ccccc1Cl)NC(=O)Cc1cc2ccccc2[nH]c1=O. The number of aromatic nitrogens is 1. The smallest absolute Gasteiger partial charge is 0.252 e. The van der Waals surface area contributed by atoms with E-state index < -0.39 is 0 Å². The average Bonchev–Trinajstić information content (AvgIpc) is 2.57. The molecule has 1 aromatic heterocycles. The summed E-state index contributed by atoms with van der Waals surface area (Å²) in [6.45, 7) is 1.92. The highest BCUT2D eigenvalue weighted by Gasteiger charge is 2.12. The molecule has 0 bridgehead atoms. The zero-order chi connectivity index (χ0) is 17.8. The Morgan fingerprint density at radius 3 is 2.64 bits per heavy atom. The molecule has 1 atom stereocenters. The van der Waals surface area contributed by atoms with Gasteiger partial charge in [-0.25, -0.2) is 0 Å². The van der Waals surface area contributed by atoms with Crippen LogP contribution in [0.3, 0.4) is 0 Å². The Bertz CT molecular complexity index is 965. The van der Waals surface area contributed by atoms with Crippen LogP contribution in [0.15, 0.2) is 59.4 Å². The number of para-hydroxylation sites is 1. The van der Waals surface area contributed by atoms with Gasteiger partial charge in [-0.1, -0.05) is 48.0 Å². The van der Waals surface area contributed by atoms with Gasteiger partial charge in [0.1, 0.15) is 0 Å². The first-order chi connectivity index (χ1) is 12.0. The van der Waals surface area contributed by atoms with Gasteiger partial charge in [0.05, 0.1) is 6.42 Å². The van der Waals surface area contributed by atoms with Crippen LogP contribution < -0.4 is 10.9 Å². The second-order valence-corrected chi connectivity index (χ2v) is 6.56. The number of hydrogen-bond donors (Lipinski definition) is 2. The Labute approximate surface area is 150 Å².